The van der Waals surface area contributed by atoms with Gasteiger partial charge in [-0.1, -0.05) is 19.1 Å². The molecular formula is C27H26N6O3S. The summed E-state index contributed by atoms with van der Waals surface area (Å²) < 4.78 is 0. The van der Waals surface area contributed by atoms with Gasteiger partial charge < -0.3 is 15.7 Å². The number of hydrogen-bond acceptors (Lipinski definition) is 8. The van der Waals surface area contributed by atoms with E-state index in [1.54, 1.807) is 18.5 Å². The second kappa shape index (κ2) is 10.2. The molecule has 0 radical (unpaired) electrons. The lowest BCUT2D eigenvalue weighted by atomic mass is 9.84. The molecule has 0 unspecified atom stereocenters. The zero-order chi connectivity index (χ0) is 26.0. The number of carbonyl (C=O) groups is 2. The standard InChI is InChI=1S/C27H26N6O3S/c1-16-11-28-12-22(30-16)20-4-3-5-21(31-20)23-14-37-26(32-23)33-24(35)13-29-25(36)18-7-6-17-8-9-27(2,15-34)19(17)10-18/h3-7,10-12,14,34H,8-9,13,15H2,1-2H3,(H,29,36)(H,32,33,35)/t27-/m1/s1. The number of benzene rings is 1. The van der Waals surface area contributed by atoms with Crippen molar-refractivity contribution in [3.63, 3.8) is 0 Å². The molecule has 10 heteroatoms. The lowest BCUT2D eigenvalue weighted by Crippen LogP contribution is -2.33. The molecule has 3 heterocycles. The molecule has 1 aliphatic rings. The first-order valence-electron chi connectivity index (χ1n) is 11.9. The fourth-order valence-electron chi connectivity index (χ4n) is 4.39. The van der Waals surface area contributed by atoms with Crippen molar-refractivity contribution in [2.24, 2.45) is 0 Å². The summed E-state index contributed by atoms with van der Waals surface area (Å²) in [5.74, 6) is -0.724. The first kappa shape index (κ1) is 24.7. The van der Waals surface area contributed by atoms with Crippen LogP contribution in [0.1, 0.15) is 40.5 Å². The van der Waals surface area contributed by atoms with Crippen LogP contribution in [0.2, 0.25) is 0 Å². The summed E-state index contributed by atoms with van der Waals surface area (Å²) in [4.78, 5) is 42.9. The third kappa shape index (κ3) is 5.25. The van der Waals surface area contributed by atoms with E-state index in [1.165, 1.54) is 11.3 Å². The van der Waals surface area contributed by atoms with Crippen molar-refractivity contribution in [1.82, 2.24) is 25.3 Å². The highest BCUT2D eigenvalue weighted by Gasteiger charge is 2.34. The average molecular weight is 515 g/mol. The largest absolute Gasteiger partial charge is 0.395 e. The number of amides is 2. The summed E-state index contributed by atoms with van der Waals surface area (Å²) in [7, 11) is 0. The molecule has 37 heavy (non-hydrogen) atoms. The minimum absolute atomic E-state index is 0.0309. The maximum Gasteiger partial charge on any atom is 0.251 e. The summed E-state index contributed by atoms with van der Waals surface area (Å²) in [5, 5.41) is 17.4. The molecule has 188 valence electrons. The predicted octanol–water partition coefficient (Wildman–Crippen LogP) is 3.54. The molecule has 1 atom stereocenters. The van der Waals surface area contributed by atoms with Crippen LogP contribution < -0.4 is 10.6 Å². The van der Waals surface area contributed by atoms with Crippen molar-refractivity contribution in [3.05, 3.63) is 76.6 Å². The average Bonchev–Trinajstić information content (AvgIpc) is 3.52. The van der Waals surface area contributed by atoms with Crippen LogP contribution >= 0.6 is 11.3 Å². The summed E-state index contributed by atoms with van der Waals surface area (Å²) in [6.45, 7) is 3.71. The summed E-state index contributed by atoms with van der Waals surface area (Å²) >= 11 is 1.28. The number of nitrogens with one attached hydrogen (secondary N) is 2. The van der Waals surface area contributed by atoms with Crippen LogP contribution in [0.15, 0.2) is 54.2 Å². The second-order valence-electron chi connectivity index (χ2n) is 9.31. The highest BCUT2D eigenvalue weighted by Crippen LogP contribution is 2.38. The summed E-state index contributed by atoms with van der Waals surface area (Å²) in [6, 6.07) is 11.1. The van der Waals surface area contributed by atoms with Gasteiger partial charge in [-0.2, -0.15) is 0 Å². The van der Waals surface area contributed by atoms with Crippen molar-refractivity contribution in [2.45, 2.75) is 32.1 Å². The molecule has 3 aromatic heterocycles. The lowest BCUT2D eigenvalue weighted by Gasteiger charge is -2.22. The van der Waals surface area contributed by atoms with Crippen LogP contribution in [0, 0.1) is 6.92 Å². The number of aliphatic hydroxyl groups is 1. The molecule has 4 aromatic rings. The zero-order valence-electron chi connectivity index (χ0n) is 20.5. The van der Waals surface area contributed by atoms with E-state index in [0.29, 0.717) is 33.5 Å². The molecule has 2 amide bonds. The van der Waals surface area contributed by atoms with E-state index in [-0.39, 0.29) is 30.4 Å². The number of nitrogens with zero attached hydrogens (tertiary/aromatic N) is 4. The van der Waals surface area contributed by atoms with E-state index in [4.69, 9.17) is 0 Å². The Balaban J connectivity index is 1.21. The van der Waals surface area contributed by atoms with Crippen LogP contribution in [0.5, 0.6) is 0 Å². The van der Waals surface area contributed by atoms with E-state index in [2.05, 4.69) is 30.6 Å². The van der Waals surface area contributed by atoms with E-state index in [0.717, 1.165) is 29.7 Å². The van der Waals surface area contributed by atoms with Crippen LogP contribution in [0.4, 0.5) is 5.13 Å². The third-order valence-electron chi connectivity index (χ3n) is 6.51. The first-order chi connectivity index (χ1) is 17.8. The van der Waals surface area contributed by atoms with Gasteiger partial charge in [0.1, 0.15) is 11.4 Å². The van der Waals surface area contributed by atoms with Gasteiger partial charge >= 0.3 is 0 Å². The fraction of sp³-hybridized carbons (Fsp3) is 0.259. The predicted molar refractivity (Wildman–Crippen MR) is 141 cm³/mol. The number of pyridine rings is 1. The molecule has 5 rings (SSSR count). The second-order valence-corrected chi connectivity index (χ2v) is 10.2. The number of fused-ring (bicyclic) bond motifs is 1. The molecule has 9 nitrogen and oxygen atoms in total. The van der Waals surface area contributed by atoms with Crippen LogP contribution in [0.25, 0.3) is 22.8 Å². The molecule has 1 aliphatic carbocycles. The Labute approximate surface area is 218 Å². The van der Waals surface area contributed by atoms with E-state index >= 15 is 0 Å². The monoisotopic (exact) mass is 514 g/mol. The number of anilines is 1. The van der Waals surface area contributed by atoms with Crippen molar-refractivity contribution in [1.29, 1.82) is 0 Å². The molecule has 0 saturated carbocycles. The van der Waals surface area contributed by atoms with Crippen molar-refractivity contribution < 1.29 is 14.7 Å². The number of aliphatic hydroxyl groups excluding tert-OH is 1. The number of rotatable bonds is 7. The normalized spacial score (nSPS) is 16.3. The van der Waals surface area contributed by atoms with Gasteiger partial charge in [0, 0.05) is 22.6 Å². The van der Waals surface area contributed by atoms with Gasteiger partial charge in [-0.3, -0.25) is 14.6 Å². The van der Waals surface area contributed by atoms with Gasteiger partial charge in [-0.05, 0) is 55.2 Å². The summed E-state index contributed by atoms with van der Waals surface area (Å²) in [5.41, 5.74) is 5.70. The van der Waals surface area contributed by atoms with Crippen LogP contribution in [-0.2, 0) is 16.6 Å². The van der Waals surface area contributed by atoms with Gasteiger partial charge in [0.25, 0.3) is 5.91 Å². The highest BCUT2D eigenvalue weighted by molar-refractivity contribution is 7.14. The molecule has 0 bridgehead atoms. The molecule has 0 saturated heterocycles. The van der Waals surface area contributed by atoms with E-state index in [9.17, 15) is 14.7 Å². The Hall–Kier alpha value is -4.02. The Bertz CT molecular complexity index is 1490. The number of thiazole rings is 1. The molecule has 3 N–H and O–H groups in total. The third-order valence-corrected chi connectivity index (χ3v) is 7.26. The highest BCUT2D eigenvalue weighted by atomic mass is 32.1. The van der Waals surface area contributed by atoms with Gasteiger partial charge in [0.2, 0.25) is 5.91 Å². The summed E-state index contributed by atoms with van der Waals surface area (Å²) in [6.07, 6.45) is 5.08. The molecule has 0 fully saturated rings. The van der Waals surface area contributed by atoms with Crippen LogP contribution in [-0.4, -0.2) is 50.0 Å². The van der Waals surface area contributed by atoms with Crippen molar-refractivity contribution >= 4 is 28.3 Å². The molecule has 1 aromatic carbocycles. The minimum Gasteiger partial charge on any atom is -0.395 e. The SMILES string of the molecule is Cc1cncc(-c2cccc(-c3csc(NC(=O)CNC(=O)c4ccc5c(c4)[C@@](C)(CO)CC5)n3)n2)n1. The number of hydrogen-bond donors (Lipinski definition) is 3. The maximum absolute atomic E-state index is 12.7. The van der Waals surface area contributed by atoms with Crippen LogP contribution in [0.3, 0.4) is 0 Å². The van der Waals surface area contributed by atoms with E-state index in [1.807, 2.05) is 49.6 Å². The van der Waals surface area contributed by atoms with Gasteiger partial charge in [0.05, 0.1) is 36.4 Å². The topological polar surface area (TPSA) is 130 Å². The lowest BCUT2D eigenvalue weighted by molar-refractivity contribution is -0.115. The van der Waals surface area contributed by atoms with Gasteiger partial charge in [0.15, 0.2) is 5.13 Å². The van der Waals surface area contributed by atoms with Crippen molar-refractivity contribution in [3.8, 4) is 22.8 Å². The van der Waals surface area contributed by atoms with Gasteiger partial charge in [-0.15, -0.1) is 11.3 Å². The Kier molecular flexibility index (Phi) is 6.77. The Morgan fingerprint density at radius 1 is 1.05 bits per heavy atom. The fourth-order valence-corrected chi connectivity index (χ4v) is 5.11. The Morgan fingerprint density at radius 2 is 1.86 bits per heavy atom. The zero-order valence-corrected chi connectivity index (χ0v) is 21.3. The quantitative estimate of drug-likeness (QED) is 0.344. The molecular weight excluding hydrogens is 488 g/mol. The van der Waals surface area contributed by atoms with Gasteiger partial charge in [-0.25, -0.2) is 15.0 Å². The Morgan fingerprint density at radius 3 is 2.65 bits per heavy atom. The number of aryl methyl sites for hydroxylation is 2. The number of aromatic nitrogens is 4. The minimum atomic E-state index is -0.382. The van der Waals surface area contributed by atoms with E-state index < -0.39 is 0 Å². The number of carbonyl (C=O) groups excluding carboxylic acids is 2. The molecule has 0 aliphatic heterocycles. The smallest absolute Gasteiger partial charge is 0.251 e. The molecule has 0 spiro atoms. The maximum atomic E-state index is 12.7. The first-order valence-corrected chi connectivity index (χ1v) is 12.8. The van der Waals surface area contributed by atoms with Crippen molar-refractivity contribution in [2.75, 3.05) is 18.5 Å².